The molecule has 5 rings (SSSR count). The summed E-state index contributed by atoms with van der Waals surface area (Å²) in [6.07, 6.45) is 4.60. The van der Waals surface area contributed by atoms with Crippen LogP contribution in [0.1, 0.15) is 31.7 Å². The van der Waals surface area contributed by atoms with E-state index in [1.54, 1.807) is 24.3 Å². The Morgan fingerprint density at radius 1 is 1.21 bits per heavy atom. The fourth-order valence-electron chi connectivity index (χ4n) is 4.88. The maximum atomic E-state index is 13.3. The second kappa shape index (κ2) is 8.42. The zero-order chi connectivity index (χ0) is 24.1. The molecule has 10 nitrogen and oxygen atoms in total. The van der Waals surface area contributed by atoms with Crippen LogP contribution in [-0.4, -0.2) is 47.3 Å². The maximum absolute atomic E-state index is 13.3. The molecule has 2 unspecified atom stereocenters. The monoisotopic (exact) mass is 485 g/mol. The van der Waals surface area contributed by atoms with Gasteiger partial charge in [0.2, 0.25) is 5.91 Å². The van der Waals surface area contributed by atoms with E-state index in [-0.39, 0.29) is 34.1 Å². The standard InChI is InChI=1S/C23H27N5O5S/c1-3-16-12-23(32-10-11-33-23)13-18(16)22(29)28(24)20-14-25-21-19(26-20)8-9-27(21)34(30,31)17-6-4-15(2)5-7-17/h4-9,14,16,18H,3,10-13,24H2,1-2H3. The number of rotatable bonds is 5. The van der Waals surface area contributed by atoms with E-state index < -0.39 is 15.8 Å². The Hall–Kier alpha value is -2.86. The number of hydrazine groups is 1. The van der Waals surface area contributed by atoms with Gasteiger partial charge in [-0.15, -0.1) is 0 Å². The molecule has 34 heavy (non-hydrogen) atoms. The molecule has 3 aromatic rings. The predicted octanol–water partition coefficient (Wildman–Crippen LogP) is 2.36. The van der Waals surface area contributed by atoms with Gasteiger partial charge < -0.3 is 9.47 Å². The summed E-state index contributed by atoms with van der Waals surface area (Å²) in [6, 6.07) is 8.11. The fourth-order valence-corrected chi connectivity index (χ4v) is 6.18. The molecule has 1 amide bonds. The Balaban J connectivity index is 1.42. The van der Waals surface area contributed by atoms with E-state index in [4.69, 9.17) is 15.3 Å². The molecule has 2 aromatic heterocycles. The number of nitrogens with two attached hydrogens (primary N) is 1. The van der Waals surface area contributed by atoms with Crippen molar-refractivity contribution in [1.82, 2.24) is 13.9 Å². The molecule has 1 spiro atoms. The molecule has 2 fully saturated rings. The molecule has 2 N–H and O–H groups in total. The van der Waals surface area contributed by atoms with Crippen molar-refractivity contribution < 1.29 is 22.7 Å². The first kappa shape index (κ1) is 22.9. The van der Waals surface area contributed by atoms with E-state index in [2.05, 4.69) is 9.97 Å². The van der Waals surface area contributed by atoms with E-state index >= 15 is 0 Å². The molecule has 11 heteroatoms. The molecule has 180 valence electrons. The summed E-state index contributed by atoms with van der Waals surface area (Å²) in [7, 11) is -3.85. The van der Waals surface area contributed by atoms with Gasteiger partial charge in [-0.25, -0.2) is 33.2 Å². The maximum Gasteiger partial charge on any atom is 0.269 e. The Bertz CT molecular complexity index is 1330. The van der Waals surface area contributed by atoms with Gasteiger partial charge in [0.1, 0.15) is 5.52 Å². The van der Waals surface area contributed by atoms with Crippen LogP contribution in [-0.2, 0) is 24.3 Å². The molecule has 1 aliphatic carbocycles. The van der Waals surface area contributed by atoms with Crippen molar-refractivity contribution in [2.24, 2.45) is 17.7 Å². The van der Waals surface area contributed by atoms with E-state index in [1.165, 1.54) is 18.5 Å². The number of carbonyl (C=O) groups excluding carboxylic acids is 1. The van der Waals surface area contributed by atoms with E-state index in [0.717, 1.165) is 21.0 Å². The molecule has 1 saturated heterocycles. The Kier molecular flexibility index (Phi) is 5.67. The summed E-state index contributed by atoms with van der Waals surface area (Å²) < 4.78 is 38.9. The zero-order valence-electron chi connectivity index (χ0n) is 19.0. The van der Waals surface area contributed by atoms with Crippen LogP contribution < -0.4 is 10.9 Å². The van der Waals surface area contributed by atoms with Crippen LogP contribution in [0.3, 0.4) is 0 Å². The van der Waals surface area contributed by atoms with E-state index in [0.29, 0.717) is 31.6 Å². The summed E-state index contributed by atoms with van der Waals surface area (Å²) in [5, 5.41) is 1.000. The van der Waals surface area contributed by atoms with Crippen molar-refractivity contribution in [1.29, 1.82) is 0 Å². The van der Waals surface area contributed by atoms with Crippen LogP contribution >= 0.6 is 0 Å². The zero-order valence-corrected chi connectivity index (χ0v) is 19.9. The predicted molar refractivity (Wildman–Crippen MR) is 124 cm³/mol. The highest BCUT2D eigenvalue weighted by molar-refractivity contribution is 7.90. The van der Waals surface area contributed by atoms with E-state index in [1.807, 2.05) is 13.8 Å². The van der Waals surface area contributed by atoms with Gasteiger partial charge in [0, 0.05) is 25.0 Å². The number of carbonyl (C=O) groups is 1. The molecular formula is C23H27N5O5S. The summed E-state index contributed by atoms with van der Waals surface area (Å²) in [4.78, 5) is 22.1. The van der Waals surface area contributed by atoms with Crippen molar-refractivity contribution in [2.75, 3.05) is 18.2 Å². The SMILES string of the molecule is CCC1CC2(CC1C(=O)N(N)c1cnc3c(ccn3S(=O)(=O)c3ccc(C)cc3)n1)OCCO2. The number of aryl methyl sites for hydroxylation is 1. The fraction of sp³-hybridized carbons (Fsp3) is 0.435. The number of amides is 1. The quantitative estimate of drug-likeness (QED) is 0.331. The first-order chi connectivity index (χ1) is 16.2. The molecular weight excluding hydrogens is 458 g/mol. The number of anilines is 1. The van der Waals surface area contributed by atoms with Crippen molar-refractivity contribution in [3.63, 3.8) is 0 Å². The normalized spacial score (nSPS) is 22.0. The number of hydrogen-bond acceptors (Lipinski definition) is 8. The number of benzene rings is 1. The average Bonchev–Trinajstić information content (AvgIpc) is 3.56. The van der Waals surface area contributed by atoms with Crippen LogP contribution in [0.5, 0.6) is 0 Å². The largest absolute Gasteiger partial charge is 0.347 e. The van der Waals surface area contributed by atoms with Crippen LogP contribution in [0.25, 0.3) is 11.2 Å². The number of aromatic nitrogens is 3. The second-order valence-electron chi connectivity index (χ2n) is 8.87. The topological polar surface area (TPSA) is 130 Å². The van der Waals surface area contributed by atoms with Crippen molar-refractivity contribution in [3.8, 4) is 0 Å². The van der Waals surface area contributed by atoms with E-state index in [9.17, 15) is 13.2 Å². The van der Waals surface area contributed by atoms with Gasteiger partial charge in [-0.3, -0.25) is 4.79 Å². The highest BCUT2D eigenvalue weighted by Gasteiger charge is 2.52. The van der Waals surface area contributed by atoms with Gasteiger partial charge in [0.15, 0.2) is 17.3 Å². The number of hydrogen-bond donors (Lipinski definition) is 1. The van der Waals surface area contributed by atoms with Crippen LogP contribution in [0.4, 0.5) is 5.82 Å². The molecule has 1 aromatic carbocycles. The van der Waals surface area contributed by atoms with Crippen molar-refractivity contribution in [3.05, 3.63) is 48.3 Å². The lowest BCUT2D eigenvalue weighted by Gasteiger charge is -2.23. The van der Waals surface area contributed by atoms with Crippen LogP contribution in [0.2, 0.25) is 0 Å². The molecule has 1 aliphatic heterocycles. The Morgan fingerprint density at radius 2 is 1.91 bits per heavy atom. The molecule has 2 atom stereocenters. The van der Waals surface area contributed by atoms with Gasteiger partial charge in [-0.05, 0) is 31.0 Å². The van der Waals surface area contributed by atoms with Gasteiger partial charge in [-0.1, -0.05) is 31.0 Å². The number of ether oxygens (including phenoxy) is 2. The first-order valence-electron chi connectivity index (χ1n) is 11.3. The minimum Gasteiger partial charge on any atom is -0.347 e. The van der Waals surface area contributed by atoms with Gasteiger partial charge >= 0.3 is 0 Å². The first-order valence-corrected chi connectivity index (χ1v) is 12.7. The molecule has 3 heterocycles. The lowest BCUT2D eigenvalue weighted by Crippen LogP contribution is -2.43. The minimum absolute atomic E-state index is 0.0778. The molecule has 0 bridgehead atoms. The van der Waals surface area contributed by atoms with Crippen LogP contribution in [0.15, 0.2) is 47.6 Å². The smallest absolute Gasteiger partial charge is 0.269 e. The molecule has 1 saturated carbocycles. The molecule has 2 aliphatic rings. The lowest BCUT2D eigenvalue weighted by molar-refractivity contribution is -0.156. The number of fused-ring (bicyclic) bond motifs is 1. The summed E-state index contributed by atoms with van der Waals surface area (Å²) in [5.41, 5.74) is 1.43. The summed E-state index contributed by atoms with van der Waals surface area (Å²) in [5.74, 6) is 5.05. The van der Waals surface area contributed by atoms with Crippen molar-refractivity contribution in [2.45, 2.75) is 43.8 Å². The highest BCUT2D eigenvalue weighted by atomic mass is 32.2. The average molecular weight is 486 g/mol. The van der Waals surface area contributed by atoms with Gasteiger partial charge in [0.25, 0.3) is 10.0 Å². The summed E-state index contributed by atoms with van der Waals surface area (Å²) in [6.45, 7) is 4.96. The van der Waals surface area contributed by atoms with Crippen molar-refractivity contribution >= 4 is 32.9 Å². The van der Waals surface area contributed by atoms with Gasteiger partial charge in [-0.2, -0.15) is 0 Å². The third-order valence-electron chi connectivity index (χ3n) is 6.73. The number of nitrogens with zero attached hydrogens (tertiary/aromatic N) is 4. The minimum atomic E-state index is -3.85. The third kappa shape index (κ3) is 3.78. The van der Waals surface area contributed by atoms with Crippen LogP contribution in [0, 0.1) is 18.8 Å². The second-order valence-corrected chi connectivity index (χ2v) is 10.7. The Morgan fingerprint density at radius 3 is 2.59 bits per heavy atom. The lowest BCUT2D eigenvalue weighted by atomic mass is 9.93. The molecule has 0 radical (unpaired) electrons. The third-order valence-corrected chi connectivity index (χ3v) is 8.41. The Labute approximate surface area is 197 Å². The highest BCUT2D eigenvalue weighted by Crippen LogP contribution is 2.46. The summed E-state index contributed by atoms with van der Waals surface area (Å²) >= 11 is 0. The van der Waals surface area contributed by atoms with Gasteiger partial charge in [0.05, 0.1) is 24.3 Å².